The molecule has 4 rings (SSSR count). The van der Waals surface area contributed by atoms with Gasteiger partial charge in [-0.25, -0.2) is 23.7 Å². The van der Waals surface area contributed by atoms with Gasteiger partial charge in [-0.15, -0.1) is 0 Å². The van der Waals surface area contributed by atoms with Crippen LogP contribution >= 0.6 is 11.6 Å². The lowest BCUT2D eigenvalue weighted by Gasteiger charge is -2.17. The van der Waals surface area contributed by atoms with Crippen molar-refractivity contribution < 1.29 is 13.9 Å². The molecule has 2 heterocycles. The molecule has 2 N–H and O–H groups in total. The molecule has 140 valence electrons. The van der Waals surface area contributed by atoms with Crippen molar-refractivity contribution in [1.29, 1.82) is 0 Å². The van der Waals surface area contributed by atoms with Gasteiger partial charge in [-0.2, -0.15) is 0 Å². The highest BCUT2D eigenvalue weighted by Gasteiger charge is 2.29. The van der Waals surface area contributed by atoms with E-state index < -0.39 is 11.8 Å². The van der Waals surface area contributed by atoms with Gasteiger partial charge < -0.3 is 5.73 Å². The molecular weight excluding hydrogens is 388 g/mol. The Morgan fingerprint density at radius 2 is 1.86 bits per heavy atom. The Labute approximate surface area is 161 Å². The molecule has 2 aromatic carbocycles. The van der Waals surface area contributed by atoms with E-state index in [1.54, 1.807) is 54.6 Å². The number of para-hydroxylation sites is 1. The molecule has 0 aliphatic rings. The Morgan fingerprint density at radius 1 is 1.07 bits per heavy atom. The highest BCUT2D eigenvalue weighted by atomic mass is 35.5. The molecule has 0 spiro atoms. The number of amides is 2. The number of benzene rings is 2. The maximum absolute atomic E-state index is 12.2. The number of hydrogen-bond acceptors (Lipinski definition) is 7. The van der Waals surface area contributed by atoms with E-state index in [0.717, 1.165) is 9.47 Å². The van der Waals surface area contributed by atoms with E-state index in [1.807, 2.05) is 0 Å². The van der Waals surface area contributed by atoms with Crippen molar-refractivity contribution in [3.05, 3.63) is 70.2 Å². The molecule has 2 aromatic heterocycles. The van der Waals surface area contributed by atoms with Crippen molar-refractivity contribution in [2.75, 3.05) is 4.90 Å². The molecule has 0 radical (unpaired) electrons. The van der Waals surface area contributed by atoms with E-state index in [2.05, 4.69) is 15.5 Å². The molecule has 0 aliphatic heterocycles. The molecule has 28 heavy (non-hydrogen) atoms. The number of anilines is 2. The third-order valence-corrected chi connectivity index (χ3v) is 4.04. The smallest absolute Gasteiger partial charge is 0.351 e. The molecule has 2 amide bonds. The second kappa shape index (κ2) is 7.00. The fourth-order valence-electron chi connectivity index (χ4n) is 2.64. The topological polar surface area (TPSA) is 133 Å². The molecule has 0 unspecified atom stereocenters. The lowest BCUT2D eigenvalue weighted by molar-refractivity contribution is 0.255. The second-order valence-electron chi connectivity index (χ2n) is 5.53. The molecule has 0 bridgehead atoms. The monoisotopic (exact) mass is 398 g/mol. The number of urea groups is 1. The number of primary amides is 1. The van der Waals surface area contributed by atoms with E-state index in [0.29, 0.717) is 16.4 Å². The summed E-state index contributed by atoms with van der Waals surface area (Å²) in [6.45, 7) is 0. The normalized spacial score (nSPS) is 10.8. The Morgan fingerprint density at radius 3 is 2.57 bits per heavy atom. The minimum atomic E-state index is -0.830. The average Bonchev–Trinajstić information content (AvgIpc) is 3.29. The summed E-state index contributed by atoms with van der Waals surface area (Å²) in [6, 6.07) is 14.2. The van der Waals surface area contributed by atoms with Crippen LogP contribution in [0.5, 0.6) is 0 Å². The van der Waals surface area contributed by atoms with E-state index in [9.17, 15) is 9.59 Å². The summed E-state index contributed by atoms with van der Waals surface area (Å²) in [6.07, 6.45) is 0. The van der Waals surface area contributed by atoms with Crippen molar-refractivity contribution in [3.63, 3.8) is 0 Å². The summed E-state index contributed by atoms with van der Waals surface area (Å²) < 4.78 is 10.7. The molecule has 0 aliphatic carbocycles. The number of nitrogens with zero attached hydrogens (tertiary/aromatic N) is 5. The maximum atomic E-state index is 12.2. The van der Waals surface area contributed by atoms with Crippen LogP contribution in [0.4, 0.5) is 16.3 Å². The van der Waals surface area contributed by atoms with Crippen LogP contribution in [0.1, 0.15) is 0 Å². The predicted molar refractivity (Wildman–Crippen MR) is 98.6 cm³/mol. The van der Waals surface area contributed by atoms with Gasteiger partial charge in [0.15, 0.2) is 5.69 Å². The minimum Gasteiger partial charge on any atom is -0.351 e. The van der Waals surface area contributed by atoms with Gasteiger partial charge in [-0.05, 0) is 40.6 Å². The number of hydrogen-bond donors (Lipinski definition) is 1. The predicted octanol–water partition coefficient (Wildman–Crippen LogP) is 2.75. The van der Waals surface area contributed by atoms with Gasteiger partial charge in [0.2, 0.25) is 11.6 Å². The van der Waals surface area contributed by atoms with Gasteiger partial charge in [0, 0.05) is 5.02 Å². The molecule has 0 saturated carbocycles. The van der Waals surface area contributed by atoms with Crippen LogP contribution in [0.15, 0.2) is 68.5 Å². The van der Waals surface area contributed by atoms with Crippen molar-refractivity contribution in [2.45, 2.75) is 0 Å². The third kappa shape index (κ3) is 3.01. The van der Waals surface area contributed by atoms with Gasteiger partial charge >= 0.3 is 11.8 Å². The van der Waals surface area contributed by atoms with Crippen molar-refractivity contribution in [1.82, 2.24) is 20.0 Å². The van der Waals surface area contributed by atoms with E-state index in [-0.39, 0.29) is 17.3 Å². The quantitative estimate of drug-likeness (QED) is 0.558. The van der Waals surface area contributed by atoms with Crippen LogP contribution in [0, 0.1) is 0 Å². The van der Waals surface area contributed by atoms with Crippen LogP contribution in [0.2, 0.25) is 5.02 Å². The number of aromatic nitrogens is 4. The van der Waals surface area contributed by atoms with E-state index in [1.165, 1.54) is 0 Å². The zero-order valence-electron chi connectivity index (χ0n) is 14.0. The zero-order chi connectivity index (χ0) is 19.7. The number of rotatable bonds is 4. The zero-order valence-corrected chi connectivity index (χ0v) is 14.8. The van der Waals surface area contributed by atoms with Gasteiger partial charge in [-0.3, -0.25) is 4.52 Å². The molecule has 10 nitrogen and oxygen atoms in total. The molecule has 0 saturated heterocycles. The number of halogens is 1. The first-order valence-corrected chi connectivity index (χ1v) is 8.26. The summed E-state index contributed by atoms with van der Waals surface area (Å²) in [7, 11) is 0. The summed E-state index contributed by atoms with van der Waals surface area (Å²) >= 11 is 6.01. The largest absolute Gasteiger partial charge is 0.446 e. The Hall–Kier alpha value is -3.92. The summed E-state index contributed by atoms with van der Waals surface area (Å²) in [5, 5.41) is 11.7. The van der Waals surface area contributed by atoms with Crippen molar-refractivity contribution >= 4 is 29.1 Å². The van der Waals surface area contributed by atoms with Crippen LogP contribution in [0.3, 0.4) is 0 Å². The highest BCUT2D eigenvalue weighted by molar-refractivity contribution is 6.30. The molecule has 11 heteroatoms. The summed E-state index contributed by atoms with van der Waals surface area (Å²) in [5.41, 5.74) is 6.31. The van der Waals surface area contributed by atoms with E-state index >= 15 is 0 Å². The summed E-state index contributed by atoms with van der Waals surface area (Å²) in [4.78, 5) is 25.4. The second-order valence-corrected chi connectivity index (χ2v) is 5.97. The van der Waals surface area contributed by atoms with Crippen LogP contribution in [0.25, 0.3) is 17.2 Å². The lowest BCUT2D eigenvalue weighted by atomic mass is 10.2. The Balaban J connectivity index is 1.89. The number of carbonyl (C=O) groups excluding carboxylic acids is 1. The van der Waals surface area contributed by atoms with E-state index in [4.69, 9.17) is 26.5 Å². The number of carbonyl (C=O) groups is 1. The standard InChI is InChI=1S/C17H11ClN6O4/c18-10-5-4-8-12(9-10)24-14(21-27-17(24)26)13-15(22-28-20-13)23(16(19)25)11-6-2-1-3-7-11/h1-9H,(H2,19,25). The van der Waals surface area contributed by atoms with Gasteiger partial charge in [0.05, 0.1) is 11.4 Å². The minimum absolute atomic E-state index is 0.0199. The van der Waals surface area contributed by atoms with Gasteiger partial charge in [-0.1, -0.05) is 41.0 Å². The lowest BCUT2D eigenvalue weighted by Crippen LogP contribution is -2.32. The third-order valence-electron chi connectivity index (χ3n) is 3.80. The SMILES string of the molecule is NC(=O)N(c1ccccc1)c1nonc1-c1noc(=O)n1-c1cccc(Cl)c1. The molecule has 4 aromatic rings. The average molecular weight is 399 g/mol. The fraction of sp³-hybridized carbons (Fsp3) is 0. The molecule has 0 atom stereocenters. The number of nitrogens with two attached hydrogens (primary N) is 1. The molecule has 0 fully saturated rings. The summed E-state index contributed by atoms with van der Waals surface area (Å²) in [5.74, 6) is -0.870. The fourth-order valence-corrected chi connectivity index (χ4v) is 2.83. The first-order chi connectivity index (χ1) is 13.6. The van der Waals surface area contributed by atoms with Crippen LogP contribution < -0.4 is 16.4 Å². The van der Waals surface area contributed by atoms with Crippen LogP contribution in [-0.4, -0.2) is 26.1 Å². The molecular formula is C17H11ClN6O4. The van der Waals surface area contributed by atoms with Gasteiger partial charge in [0.25, 0.3) is 0 Å². The first kappa shape index (κ1) is 17.5. The Kier molecular flexibility index (Phi) is 4.38. The highest BCUT2D eigenvalue weighted by Crippen LogP contribution is 2.32. The van der Waals surface area contributed by atoms with Crippen LogP contribution in [-0.2, 0) is 0 Å². The Bertz CT molecular complexity index is 1200. The first-order valence-electron chi connectivity index (χ1n) is 7.88. The van der Waals surface area contributed by atoms with Crippen molar-refractivity contribution in [2.24, 2.45) is 5.73 Å². The van der Waals surface area contributed by atoms with Crippen molar-refractivity contribution in [3.8, 4) is 17.2 Å². The maximum Gasteiger partial charge on any atom is 0.446 e. The van der Waals surface area contributed by atoms with Gasteiger partial charge in [0.1, 0.15) is 0 Å².